The monoisotopic (exact) mass is 367 g/mol. The van der Waals surface area contributed by atoms with Crippen LogP contribution in [-0.2, 0) is 6.18 Å². The second kappa shape index (κ2) is 8.34. The van der Waals surface area contributed by atoms with Gasteiger partial charge in [-0.3, -0.25) is 4.79 Å². The zero-order valence-corrected chi connectivity index (χ0v) is 13.4. The molecule has 0 saturated heterocycles. The van der Waals surface area contributed by atoms with Crippen LogP contribution in [0.5, 0.6) is 0 Å². The molecule has 0 bridgehead atoms. The van der Waals surface area contributed by atoms with Crippen LogP contribution >= 0.6 is 0 Å². The lowest BCUT2D eigenvalue weighted by Gasteiger charge is -2.11. The number of alkyl halides is 3. The quantitative estimate of drug-likeness (QED) is 0.655. The molecule has 0 aromatic heterocycles. The average Bonchev–Trinajstić information content (AvgIpc) is 2.59. The van der Waals surface area contributed by atoms with E-state index in [1.807, 2.05) is 0 Å². The first-order valence-corrected chi connectivity index (χ1v) is 7.54. The van der Waals surface area contributed by atoms with Crippen molar-refractivity contribution in [3.05, 3.63) is 59.7 Å². The lowest BCUT2D eigenvalue weighted by molar-refractivity contribution is -0.137. The fraction of sp³-hybridized carbons (Fsp3) is 0.176. The molecule has 0 unspecified atom stereocenters. The van der Waals surface area contributed by atoms with Crippen LogP contribution in [0.15, 0.2) is 48.5 Å². The van der Waals surface area contributed by atoms with E-state index in [2.05, 4.69) is 16.0 Å². The van der Waals surface area contributed by atoms with Gasteiger partial charge < -0.3 is 21.1 Å². The zero-order chi connectivity index (χ0) is 19.2. The lowest BCUT2D eigenvalue weighted by atomic mass is 10.1. The van der Waals surface area contributed by atoms with Crippen LogP contribution in [0.25, 0.3) is 0 Å². The van der Waals surface area contributed by atoms with Crippen molar-refractivity contribution < 1.29 is 27.9 Å². The van der Waals surface area contributed by atoms with Gasteiger partial charge in [-0.1, -0.05) is 12.1 Å². The molecule has 0 fully saturated rings. The van der Waals surface area contributed by atoms with Crippen molar-refractivity contribution in [2.24, 2.45) is 0 Å². The fourth-order valence-corrected chi connectivity index (χ4v) is 2.06. The van der Waals surface area contributed by atoms with E-state index in [0.29, 0.717) is 5.69 Å². The van der Waals surface area contributed by atoms with E-state index in [0.717, 1.165) is 12.1 Å². The van der Waals surface area contributed by atoms with Crippen molar-refractivity contribution >= 4 is 23.3 Å². The first-order chi connectivity index (χ1) is 12.3. The van der Waals surface area contributed by atoms with Gasteiger partial charge in [0, 0.05) is 23.5 Å². The predicted octanol–water partition coefficient (Wildman–Crippen LogP) is 3.07. The van der Waals surface area contributed by atoms with E-state index in [9.17, 15) is 22.8 Å². The number of anilines is 2. The smallest absolute Gasteiger partial charge is 0.395 e. The lowest BCUT2D eigenvalue weighted by Crippen LogP contribution is -2.31. The summed E-state index contributed by atoms with van der Waals surface area (Å²) < 4.78 is 38.1. The van der Waals surface area contributed by atoms with E-state index in [1.165, 1.54) is 30.3 Å². The van der Waals surface area contributed by atoms with Crippen LogP contribution in [0, 0.1) is 0 Å². The Morgan fingerprint density at radius 1 is 0.962 bits per heavy atom. The molecule has 0 atom stereocenters. The van der Waals surface area contributed by atoms with Crippen LogP contribution in [0.1, 0.15) is 15.9 Å². The molecule has 0 radical (unpaired) electrons. The molecule has 0 spiro atoms. The minimum atomic E-state index is -4.51. The molecule has 0 saturated carbocycles. The summed E-state index contributed by atoms with van der Waals surface area (Å²) in [6.07, 6.45) is -4.51. The highest BCUT2D eigenvalue weighted by Crippen LogP contribution is 2.30. The second-order valence-corrected chi connectivity index (χ2v) is 5.22. The van der Waals surface area contributed by atoms with Gasteiger partial charge >= 0.3 is 12.2 Å². The molecule has 2 rings (SSSR count). The summed E-state index contributed by atoms with van der Waals surface area (Å²) in [7, 11) is 0. The van der Waals surface area contributed by atoms with Gasteiger partial charge in [-0.25, -0.2) is 4.79 Å². The summed E-state index contributed by atoms with van der Waals surface area (Å²) >= 11 is 0. The molecular formula is C17H16F3N3O3. The summed E-state index contributed by atoms with van der Waals surface area (Å²) in [5.74, 6) is -0.622. The molecule has 4 N–H and O–H groups in total. The van der Waals surface area contributed by atoms with Gasteiger partial charge in [0.15, 0.2) is 0 Å². The van der Waals surface area contributed by atoms with Gasteiger partial charge in [0.2, 0.25) is 0 Å². The Labute approximate surface area is 147 Å². The van der Waals surface area contributed by atoms with E-state index in [-0.39, 0.29) is 24.4 Å². The van der Waals surface area contributed by atoms with Gasteiger partial charge in [0.1, 0.15) is 0 Å². The van der Waals surface area contributed by atoms with Crippen molar-refractivity contribution in [1.29, 1.82) is 0 Å². The van der Waals surface area contributed by atoms with Crippen LogP contribution in [0.3, 0.4) is 0 Å². The first-order valence-electron chi connectivity index (χ1n) is 7.54. The Balaban J connectivity index is 2.08. The summed E-state index contributed by atoms with van der Waals surface area (Å²) in [5, 5.41) is 15.9. The number of urea groups is 1. The number of carbonyl (C=O) groups is 2. The largest absolute Gasteiger partial charge is 0.416 e. The van der Waals surface area contributed by atoms with Gasteiger partial charge in [-0.2, -0.15) is 13.2 Å². The maximum absolute atomic E-state index is 12.7. The standard InChI is InChI=1S/C17H16F3N3O3/c18-17(19,20)12-4-2-6-14(10-12)22-15(25)11-3-1-5-13(9-11)23-16(26)21-7-8-24/h1-6,9-10,24H,7-8H2,(H,22,25)(H2,21,23,26). The minimum absolute atomic E-state index is 0.00359. The normalized spacial score (nSPS) is 10.9. The molecular weight excluding hydrogens is 351 g/mol. The van der Waals surface area contributed by atoms with E-state index in [1.54, 1.807) is 6.07 Å². The van der Waals surface area contributed by atoms with Crippen molar-refractivity contribution in [2.45, 2.75) is 6.18 Å². The van der Waals surface area contributed by atoms with Gasteiger partial charge in [0.05, 0.1) is 12.2 Å². The number of aliphatic hydroxyl groups excluding tert-OH is 1. The Morgan fingerprint density at radius 3 is 2.27 bits per heavy atom. The van der Waals surface area contributed by atoms with E-state index < -0.39 is 23.7 Å². The number of rotatable bonds is 5. The van der Waals surface area contributed by atoms with Crippen LogP contribution < -0.4 is 16.0 Å². The summed E-state index contributed by atoms with van der Waals surface area (Å²) in [6, 6.07) is 9.62. The molecule has 0 aliphatic rings. The number of benzene rings is 2. The Hall–Kier alpha value is -3.07. The van der Waals surface area contributed by atoms with Crippen LogP contribution in [0.2, 0.25) is 0 Å². The summed E-state index contributed by atoms with van der Waals surface area (Å²) in [5.41, 5.74) is -0.394. The third kappa shape index (κ3) is 5.49. The maximum Gasteiger partial charge on any atom is 0.416 e. The van der Waals surface area contributed by atoms with Crippen molar-refractivity contribution in [1.82, 2.24) is 5.32 Å². The molecule has 0 heterocycles. The Morgan fingerprint density at radius 2 is 1.62 bits per heavy atom. The molecule has 9 heteroatoms. The van der Waals surface area contributed by atoms with Gasteiger partial charge in [-0.15, -0.1) is 0 Å². The Kier molecular flexibility index (Phi) is 6.18. The summed E-state index contributed by atoms with van der Waals surface area (Å²) in [6.45, 7) is -0.144. The molecule has 0 aliphatic heterocycles. The summed E-state index contributed by atoms with van der Waals surface area (Å²) in [4.78, 5) is 23.8. The van der Waals surface area contributed by atoms with Gasteiger partial charge in [-0.05, 0) is 36.4 Å². The molecule has 6 nitrogen and oxygen atoms in total. The number of nitrogens with one attached hydrogen (secondary N) is 3. The number of aliphatic hydroxyl groups is 1. The molecule has 138 valence electrons. The maximum atomic E-state index is 12.7. The average molecular weight is 367 g/mol. The zero-order valence-electron chi connectivity index (χ0n) is 13.4. The van der Waals surface area contributed by atoms with Crippen molar-refractivity contribution in [3.63, 3.8) is 0 Å². The molecule has 26 heavy (non-hydrogen) atoms. The van der Waals surface area contributed by atoms with Crippen molar-refractivity contribution in [3.8, 4) is 0 Å². The molecule has 3 amide bonds. The topological polar surface area (TPSA) is 90.5 Å². The van der Waals surface area contributed by atoms with Crippen LogP contribution in [0.4, 0.5) is 29.3 Å². The fourth-order valence-electron chi connectivity index (χ4n) is 2.06. The molecule has 2 aromatic rings. The van der Waals surface area contributed by atoms with E-state index in [4.69, 9.17) is 5.11 Å². The SMILES string of the molecule is O=C(NCCO)Nc1cccc(C(=O)Nc2cccc(C(F)(F)F)c2)c1. The molecule has 0 aliphatic carbocycles. The minimum Gasteiger partial charge on any atom is -0.395 e. The van der Waals surface area contributed by atoms with Crippen molar-refractivity contribution in [2.75, 3.05) is 23.8 Å². The number of carbonyl (C=O) groups excluding carboxylic acids is 2. The number of amides is 3. The number of halogens is 3. The molecule has 2 aromatic carbocycles. The van der Waals surface area contributed by atoms with Gasteiger partial charge in [0.25, 0.3) is 5.91 Å². The predicted molar refractivity (Wildman–Crippen MR) is 89.9 cm³/mol. The number of hydrogen-bond acceptors (Lipinski definition) is 3. The second-order valence-electron chi connectivity index (χ2n) is 5.22. The highest BCUT2D eigenvalue weighted by molar-refractivity contribution is 6.05. The Bertz CT molecular complexity index is 794. The van der Waals surface area contributed by atoms with E-state index >= 15 is 0 Å². The third-order valence-electron chi connectivity index (χ3n) is 3.23. The highest BCUT2D eigenvalue weighted by atomic mass is 19.4. The third-order valence-corrected chi connectivity index (χ3v) is 3.23. The number of hydrogen-bond donors (Lipinski definition) is 4. The first kappa shape index (κ1) is 19.3. The van der Waals surface area contributed by atoms with Crippen LogP contribution in [-0.4, -0.2) is 30.2 Å². The highest BCUT2D eigenvalue weighted by Gasteiger charge is 2.30.